The molecule has 0 aliphatic heterocycles. The minimum absolute atomic E-state index is 0.0197. The summed E-state index contributed by atoms with van der Waals surface area (Å²) in [5, 5.41) is 19.5. The number of aromatic nitrogens is 4. The Bertz CT molecular complexity index is 512. The Labute approximate surface area is 104 Å². The summed E-state index contributed by atoms with van der Waals surface area (Å²) in [5.41, 5.74) is 1.59. The van der Waals surface area contributed by atoms with Crippen LogP contribution in [-0.2, 0) is 11.2 Å². The molecular formula is C9H7IN4O2. The fraction of sp³-hybridized carbons (Fsp3) is 0.111. The fourth-order valence-corrected chi connectivity index (χ4v) is 2.12. The molecule has 1 aromatic heterocycles. The van der Waals surface area contributed by atoms with Crippen molar-refractivity contribution in [2.75, 3.05) is 0 Å². The van der Waals surface area contributed by atoms with Crippen LogP contribution in [0.2, 0.25) is 0 Å². The Morgan fingerprint density at radius 2 is 2.31 bits per heavy atom. The van der Waals surface area contributed by atoms with Gasteiger partial charge in [0, 0.05) is 3.57 Å². The zero-order valence-electron chi connectivity index (χ0n) is 8.04. The number of hydrogen-bond acceptors (Lipinski definition) is 4. The predicted molar refractivity (Wildman–Crippen MR) is 63.2 cm³/mol. The van der Waals surface area contributed by atoms with Crippen LogP contribution in [0.25, 0.3) is 5.69 Å². The maximum absolute atomic E-state index is 10.6. The molecule has 0 fully saturated rings. The van der Waals surface area contributed by atoms with Gasteiger partial charge in [0.25, 0.3) is 0 Å². The van der Waals surface area contributed by atoms with E-state index in [9.17, 15) is 4.79 Å². The molecule has 2 aromatic rings. The van der Waals surface area contributed by atoms with Crippen molar-refractivity contribution in [3.05, 3.63) is 33.7 Å². The quantitative estimate of drug-likeness (QED) is 0.846. The number of tetrazole rings is 1. The average Bonchev–Trinajstić information content (AvgIpc) is 2.69. The Hall–Kier alpha value is -1.51. The third-order valence-electron chi connectivity index (χ3n) is 1.96. The van der Waals surface area contributed by atoms with E-state index in [0.29, 0.717) is 0 Å². The van der Waals surface area contributed by atoms with E-state index < -0.39 is 5.97 Å². The smallest absolute Gasteiger partial charge is 0.307 e. The fourth-order valence-electron chi connectivity index (χ4n) is 1.29. The molecule has 0 radical (unpaired) electrons. The minimum atomic E-state index is -0.842. The molecule has 7 heteroatoms. The molecule has 1 aromatic carbocycles. The molecule has 0 atom stereocenters. The minimum Gasteiger partial charge on any atom is -0.481 e. The van der Waals surface area contributed by atoms with Crippen LogP contribution in [0.4, 0.5) is 0 Å². The monoisotopic (exact) mass is 330 g/mol. The summed E-state index contributed by atoms with van der Waals surface area (Å²) in [5.74, 6) is -0.842. The number of benzene rings is 1. The Kier molecular flexibility index (Phi) is 3.13. The van der Waals surface area contributed by atoms with Gasteiger partial charge < -0.3 is 5.11 Å². The van der Waals surface area contributed by atoms with Crippen molar-refractivity contribution < 1.29 is 9.90 Å². The maximum atomic E-state index is 10.6. The van der Waals surface area contributed by atoms with E-state index in [1.807, 2.05) is 6.07 Å². The standard InChI is InChI=1S/C9H7IN4O2/c10-7-3-6(4-9(15)16)1-2-8(7)14-5-11-12-13-14/h1-3,5H,4H2,(H,15,16). The molecule has 0 saturated carbocycles. The number of halogens is 1. The zero-order chi connectivity index (χ0) is 11.5. The first-order valence-corrected chi connectivity index (χ1v) is 5.48. The molecule has 6 nitrogen and oxygen atoms in total. The number of hydrogen-bond donors (Lipinski definition) is 1. The van der Waals surface area contributed by atoms with E-state index in [1.54, 1.807) is 12.1 Å². The summed E-state index contributed by atoms with van der Waals surface area (Å²) in [6.07, 6.45) is 1.51. The second kappa shape index (κ2) is 4.56. The van der Waals surface area contributed by atoms with Gasteiger partial charge in [0.05, 0.1) is 12.1 Å². The third-order valence-corrected chi connectivity index (χ3v) is 2.83. The van der Waals surface area contributed by atoms with Gasteiger partial charge in [-0.15, -0.1) is 5.10 Å². The van der Waals surface area contributed by atoms with E-state index in [1.165, 1.54) is 11.0 Å². The number of nitrogens with zero attached hydrogens (tertiary/aromatic N) is 4. The topological polar surface area (TPSA) is 80.9 Å². The highest BCUT2D eigenvalue weighted by atomic mass is 127. The molecule has 0 aliphatic rings. The molecule has 0 saturated heterocycles. The molecule has 0 aliphatic carbocycles. The molecule has 0 spiro atoms. The normalized spacial score (nSPS) is 10.3. The van der Waals surface area contributed by atoms with Gasteiger partial charge in [0.2, 0.25) is 0 Å². The van der Waals surface area contributed by atoms with Crippen molar-refractivity contribution in [2.45, 2.75) is 6.42 Å². The van der Waals surface area contributed by atoms with E-state index >= 15 is 0 Å². The summed E-state index contributed by atoms with van der Waals surface area (Å²) in [7, 11) is 0. The third kappa shape index (κ3) is 2.35. The first-order valence-electron chi connectivity index (χ1n) is 4.40. The van der Waals surface area contributed by atoms with Crippen molar-refractivity contribution in [1.29, 1.82) is 0 Å². The molecule has 1 heterocycles. The molecule has 16 heavy (non-hydrogen) atoms. The van der Waals surface area contributed by atoms with E-state index in [2.05, 4.69) is 38.1 Å². The summed E-state index contributed by atoms with van der Waals surface area (Å²) >= 11 is 2.12. The van der Waals surface area contributed by atoms with Crippen LogP contribution in [0.3, 0.4) is 0 Å². The Morgan fingerprint density at radius 3 is 2.88 bits per heavy atom. The lowest BCUT2D eigenvalue weighted by molar-refractivity contribution is -0.136. The van der Waals surface area contributed by atoms with Crippen LogP contribution in [-0.4, -0.2) is 31.3 Å². The van der Waals surface area contributed by atoms with Crippen LogP contribution in [0.5, 0.6) is 0 Å². The highest BCUT2D eigenvalue weighted by Gasteiger charge is 2.06. The van der Waals surface area contributed by atoms with Crippen LogP contribution in [0, 0.1) is 3.57 Å². The van der Waals surface area contributed by atoms with Gasteiger partial charge in [-0.25, -0.2) is 0 Å². The van der Waals surface area contributed by atoms with Crippen molar-refractivity contribution >= 4 is 28.6 Å². The van der Waals surface area contributed by atoms with Gasteiger partial charge in [0.1, 0.15) is 6.33 Å². The van der Waals surface area contributed by atoms with E-state index in [4.69, 9.17) is 5.11 Å². The zero-order valence-corrected chi connectivity index (χ0v) is 10.2. The summed E-state index contributed by atoms with van der Waals surface area (Å²) in [6, 6.07) is 5.37. The SMILES string of the molecule is O=C(O)Cc1ccc(-n2cnnn2)c(I)c1. The number of carboxylic acids is 1. The first-order chi connectivity index (χ1) is 7.66. The molecule has 0 unspecified atom stereocenters. The number of rotatable bonds is 3. The average molecular weight is 330 g/mol. The van der Waals surface area contributed by atoms with Gasteiger partial charge in [0.15, 0.2) is 0 Å². The molecule has 0 bridgehead atoms. The molecular weight excluding hydrogens is 323 g/mol. The molecule has 1 N–H and O–H groups in total. The lowest BCUT2D eigenvalue weighted by Gasteiger charge is -2.04. The number of carbonyl (C=O) groups is 1. The molecule has 2 rings (SSSR count). The van der Waals surface area contributed by atoms with Crippen molar-refractivity contribution in [3.63, 3.8) is 0 Å². The van der Waals surface area contributed by atoms with E-state index in [0.717, 1.165) is 14.8 Å². The maximum Gasteiger partial charge on any atom is 0.307 e. The predicted octanol–water partition coefficient (Wildman–Crippen LogP) is 0.894. The second-order valence-electron chi connectivity index (χ2n) is 3.11. The van der Waals surface area contributed by atoms with Crippen LogP contribution >= 0.6 is 22.6 Å². The Balaban J connectivity index is 2.34. The van der Waals surface area contributed by atoms with Gasteiger partial charge in [-0.1, -0.05) is 6.07 Å². The summed E-state index contributed by atoms with van der Waals surface area (Å²) in [6.45, 7) is 0. The van der Waals surface area contributed by atoms with E-state index in [-0.39, 0.29) is 6.42 Å². The lowest BCUT2D eigenvalue weighted by Crippen LogP contribution is -2.03. The van der Waals surface area contributed by atoms with Gasteiger partial charge in [-0.3, -0.25) is 4.79 Å². The van der Waals surface area contributed by atoms with Crippen molar-refractivity contribution in [3.8, 4) is 5.69 Å². The van der Waals surface area contributed by atoms with Crippen molar-refractivity contribution in [2.24, 2.45) is 0 Å². The Morgan fingerprint density at radius 1 is 1.50 bits per heavy atom. The number of aliphatic carboxylic acids is 1. The first kappa shape index (κ1) is 11.0. The van der Waals surface area contributed by atoms with Gasteiger partial charge in [-0.2, -0.15) is 4.68 Å². The van der Waals surface area contributed by atoms with Crippen LogP contribution in [0.15, 0.2) is 24.5 Å². The highest BCUT2D eigenvalue weighted by molar-refractivity contribution is 14.1. The lowest BCUT2D eigenvalue weighted by atomic mass is 10.1. The summed E-state index contributed by atoms with van der Waals surface area (Å²) < 4.78 is 2.44. The molecule has 82 valence electrons. The van der Waals surface area contributed by atoms with Gasteiger partial charge >= 0.3 is 5.97 Å². The number of carboxylic acid groups (broad SMARTS) is 1. The van der Waals surface area contributed by atoms with Crippen LogP contribution in [0.1, 0.15) is 5.56 Å². The second-order valence-corrected chi connectivity index (χ2v) is 4.27. The van der Waals surface area contributed by atoms with Crippen LogP contribution < -0.4 is 0 Å². The van der Waals surface area contributed by atoms with Crippen molar-refractivity contribution in [1.82, 2.24) is 20.2 Å². The largest absolute Gasteiger partial charge is 0.481 e. The summed E-state index contributed by atoms with van der Waals surface area (Å²) in [4.78, 5) is 10.6. The highest BCUT2D eigenvalue weighted by Crippen LogP contribution is 2.17. The molecule has 0 amide bonds. The van der Waals surface area contributed by atoms with Gasteiger partial charge in [-0.05, 0) is 50.7 Å².